The predicted molar refractivity (Wildman–Crippen MR) is 140 cm³/mol. The van der Waals surface area contributed by atoms with E-state index >= 15 is 0 Å². The maximum Gasteiger partial charge on any atom is 0.274 e. The van der Waals surface area contributed by atoms with Crippen LogP contribution in [-0.4, -0.2) is 64.1 Å². The molecule has 2 atom stereocenters. The lowest BCUT2D eigenvalue weighted by atomic mass is 9.90. The van der Waals surface area contributed by atoms with Crippen LogP contribution in [0.5, 0.6) is 0 Å². The summed E-state index contributed by atoms with van der Waals surface area (Å²) in [7, 11) is 1.79. The first kappa shape index (κ1) is 26.9. The zero-order chi connectivity index (χ0) is 27.4. The standard InChI is InChI=1S/C29H33F2N5O3/c1-35(16-13-20-7-4-5-14-32-20)29(38)23-10-6-15-36(21-8-2-3-9-21)27(23)33-28(37)25-18-26(39-34-25)22-12-11-19(30)17-24(22)31/h4-5,7,11-12,14,17-18,21,23,27H,2-3,6,8-10,13,15-16H2,1H3,(H,33,37)/t23-,27?/m1/s1. The van der Waals surface area contributed by atoms with Gasteiger partial charge >= 0.3 is 0 Å². The first-order valence-corrected chi connectivity index (χ1v) is 13.5. The first-order chi connectivity index (χ1) is 18.9. The van der Waals surface area contributed by atoms with Crippen LogP contribution in [0.15, 0.2) is 53.2 Å². The minimum absolute atomic E-state index is 0.00998. The van der Waals surface area contributed by atoms with Gasteiger partial charge in [0, 0.05) is 56.6 Å². The van der Waals surface area contributed by atoms with Crippen LogP contribution < -0.4 is 5.32 Å². The van der Waals surface area contributed by atoms with Crippen LogP contribution in [0.4, 0.5) is 8.78 Å². The van der Waals surface area contributed by atoms with E-state index < -0.39 is 29.6 Å². The Bertz CT molecular complexity index is 1300. The van der Waals surface area contributed by atoms with E-state index in [1.807, 2.05) is 18.2 Å². The molecule has 2 fully saturated rings. The lowest BCUT2D eigenvalue weighted by Crippen LogP contribution is -2.61. The molecule has 2 aromatic heterocycles. The molecular formula is C29H33F2N5O3. The van der Waals surface area contributed by atoms with Crippen molar-refractivity contribution in [3.05, 3.63) is 71.7 Å². The van der Waals surface area contributed by atoms with E-state index in [-0.39, 0.29) is 22.9 Å². The van der Waals surface area contributed by atoms with Crippen LogP contribution in [0.2, 0.25) is 0 Å². The highest BCUT2D eigenvalue weighted by molar-refractivity contribution is 5.93. The molecule has 2 aliphatic rings. The fourth-order valence-electron chi connectivity index (χ4n) is 5.74. The highest BCUT2D eigenvalue weighted by Crippen LogP contribution is 2.32. The molecule has 1 N–H and O–H groups in total. The van der Waals surface area contributed by atoms with Crippen LogP contribution in [0.25, 0.3) is 11.3 Å². The van der Waals surface area contributed by atoms with Crippen molar-refractivity contribution in [3.63, 3.8) is 0 Å². The Morgan fingerprint density at radius 3 is 2.67 bits per heavy atom. The Kier molecular flexibility index (Phi) is 8.30. The molecule has 206 valence electrons. The van der Waals surface area contributed by atoms with Gasteiger partial charge < -0.3 is 14.7 Å². The fourth-order valence-corrected chi connectivity index (χ4v) is 5.74. The molecule has 1 aromatic carbocycles. The fraction of sp³-hybridized carbons (Fsp3) is 0.448. The van der Waals surface area contributed by atoms with Crippen LogP contribution in [-0.2, 0) is 11.2 Å². The van der Waals surface area contributed by atoms with Gasteiger partial charge in [-0.2, -0.15) is 0 Å². The molecule has 3 heterocycles. The number of benzene rings is 1. The van der Waals surface area contributed by atoms with Gasteiger partial charge in [0.1, 0.15) is 11.6 Å². The number of nitrogens with zero attached hydrogens (tertiary/aromatic N) is 4. The van der Waals surface area contributed by atoms with E-state index in [1.54, 1.807) is 18.1 Å². The molecule has 1 unspecified atom stereocenters. The van der Waals surface area contributed by atoms with Gasteiger partial charge in [-0.1, -0.05) is 24.1 Å². The van der Waals surface area contributed by atoms with Gasteiger partial charge in [0.15, 0.2) is 11.5 Å². The van der Waals surface area contributed by atoms with Gasteiger partial charge in [0.25, 0.3) is 5.91 Å². The number of hydrogen-bond donors (Lipinski definition) is 1. The minimum atomic E-state index is -0.808. The summed E-state index contributed by atoms with van der Waals surface area (Å²) in [4.78, 5) is 35.4. The summed E-state index contributed by atoms with van der Waals surface area (Å²) in [6.45, 7) is 1.31. The third-order valence-corrected chi connectivity index (χ3v) is 7.80. The second-order valence-electron chi connectivity index (χ2n) is 10.4. The summed E-state index contributed by atoms with van der Waals surface area (Å²) in [6, 6.07) is 10.5. The zero-order valence-electron chi connectivity index (χ0n) is 22.0. The van der Waals surface area contributed by atoms with Crippen molar-refractivity contribution in [2.75, 3.05) is 20.1 Å². The van der Waals surface area contributed by atoms with Crippen molar-refractivity contribution in [3.8, 4) is 11.3 Å². The lowest BCUT2D eigenvalue weighted by molar-refractivity contribution is -0.139. The number of aromatic nitrogens is 2. The van der Waals surface area contributed by atoms with Gasteiger partial charge in [-0.15, -0.1) is 0 Å². The van der Waals surface area contributed by atoms with Crippen molar-refractivity contribution in [1.29, 1.82) is 0 Å². The summed E-state index contributed by atoms with van der Waals surface area (Å²) in [5, 5.41) is 6.91. The molecule has 3 aromatic rings. The van der Waals surface area contributed by atoms with E-state index in [0.29, 0.717) is 25.4 Å². The zero-order valence-corrected chi connectivity index (χ0v) is 22.0. The number of piperidine rings is 1. The monoisotopic (exact) mass is 537 g/mol. The average Bonchev–Trinajstić information content (AvgIpc) is 3.65. The van der Waals surface area contributed by atoms with Gasteiger partial charge in [-0.05, 0) is 49.9 Å². The number of rotatable bonds is 8. The Balaban J connectivity index is 1.33. The van der Waals surface area contributed by atoms with Crippen molar-refractivity contribution >= 4 is 11.8 Å². The van der Waals surface area contributed by atoms with E-state index in [1.165, 1.54) is 12.1 Å². The van der Waals surface area contributed by atoms with Crippen LogP contribution in [0, 0.1) is 17.6 Å². The lowest BCUT2D eigenvalue weighted by Gasteiger charge is -2.44. The van der Waals surface area contributed by atoms with Gasteiger partial charge in [0.2, 0.25) is 5.91 Å². The number of halogens is 2. The normalized spacial score (nSPS) is 20.2. The topological polar surface area (TPSA) is 91.6 Å². The molecule has 10 heteroatoms. The Morgan fingerprint density at radius 1 is 1.10 bits per heavy atom. The number of pyridine rings is 1. The molecule has 1 saturated heterocycles. The number of likely N-dealkylation sites (N-methyl/N-ethyl adjacent to an activating group) is 1. The van der Waals surface area contributed by atoms with E-state index in [9.17, 15) is 18.4 Å². The maximum atomic E-state index is 14.2. The third kappa shape index (κ3) is 6.16. The summed E-state index contributed by atoms with van der Waals surface area (Å²) in [6.07, 6.45) is 7.71. The average molecular weight is 538 g/mol. The molecule has 1 aliphatic heterocycles. The first-order valence-electron chi connectivity index (χ1n) is 13.5. The van der Waals surface area contributed by atoms with Crippen molar-refractivity contribution in [2.24, 2.45) is 5.92 Å². The summed E-state index contributed by atoms with van der Waals surface area (Å²) < 4.78 is 32.8. The van der Waals surface area contributed by atoms with Crippen LogP contribution in [0.1, 0.15) is 54.7 Å². The summed E-state index contributed by atoms with van der Waals surface area (Å²) in [5.74, 6) is -2.44. The largest absolute Gasteiger partial charge is 0.355 e. The highest BCUT2D eigenvalue weighted by Gasteiger charge is 2.42. The molecule has 0 bridgehead atoms. The van der Waals surface area contributed by atoms with E-state index in [0.717, 1.165) is 56.5 Å². The number of amides is 2. The summed E-state index contributed by atoms with van der Waals surface area (Å²) in [5.41, 5.74) is 0.897. The number of carbonyl (C=O) groups excluding carboxylic acids is 2. The molecule has 0 spiro atoms. The van der Waals surface area contributed by atoms with E-state index in [2.05, 4.69) is 20.4 Å². The SMILES string of the molecule is CN(CCc1ccccn1)C(=O)[C@@H]1CCCN(C2CCCC2)C1NC(=O)c1cc(-c2ccc(F)cc2F)on1. The summed E-state index contributed by atoms with van der Waals surface area (Å²) >= 11 is 0. The number of likely N-dealkylation sites (tertiary alicyclic amines) is 1. The molecule has 39 heavy (non-hydrogen) atoms. The quantitative estimate of drug-likeness (QED) is 0.457. The Labute approximate surface area is 226 Å². The maximum absolute atomic E-state index is 14.2. The van der Waals surface area contributed by atoms with Gasteiger partial charge in [-0.3, -0.25) is 19.5 Å². The smallest absolute Gasteiger partial charge is 0.274 e. The molecule has 1 saturated carbocycles. The van der Waals surface area contributed by atoms with Crippen molar-refractivity contribution < 1.29 is 22.9 Å². The predicted octanol–water partition coefficient (Wildman–Crippen LogP) is 4.43. The molecule has 0 radical (unpaired) electrons. The molecule has 2 amide bonds. The Morgan fingerprint density at radius 2 is 1.92 bits per heavy atom. The second-order valence-corrected chi connectivity index (χ2v) is 10.4. The minimum Gasteiger partial charge on any atom is -0.355 e. The molecule has 5 rings (SSSR count). The second kappa shape index (κ2) is 12.0. The van der Waals surface area contributed by atoms with Crippen molar-refractivity contribution in [2.45, 2.75) is 57.2 Å². The van der Waals surface area contributed by atoms with Crippen molar-refractivity contribution in [1.82, 2.24) is 25.3 Å². The van der Waals surface area contributed by atoms with E-state index in [4.69, 9.17) is 4.52 Å². The van der Waals surface area contributed by atoms with Crippen LogP contribution in [0.3, 0.4) is 0 Å². The number of hydrogen-bond acceptors (Lipinski definition) is 6. The molecule has 1 aliphatic carbocycles. The van der Waals surface area contributed by atoms with Gasteiger partial charge in [-0.25, -0.2) is 8.78 Å². The van der Waals surface area contributed by atoms with Gasteiger partial charge in [0.05, 0.1) is 17.6 Å². The van der Waals surface area contributed by atoms with Crippen LogP contribution >= 0.6 is 0 Å². The third-order valence-electron chi connectivity index (χ3n) is 7.80. The number of nitrogens with one attached hydrogen (secondary N) is 1. The number of carbonyl (C=O) groups is 2. The Hall–Kier alpha value is -3.66. The molecular weight excluding hydrogens is 504 g/mol. The molecule has 8 nitrogen and oxygen atoms in total. The highest BCUT2D eigenvalue weighted by atomic mass is 19.1.